The van der Waals surface area contributed by atoms with Gasteiger partial charge in [0.25, 0.3) is 0 Å². The minimum atomic E-state index is -1.13. The number of hydrogen-bond donors (Lipinski definition) is 1. The molecule has 2 N–H and O–H groups in total. The van der Waals surface area contributed by atoms with Crippen LogP contribution in [0.15, 0.2) is 12.1 Å². The number of esters is 1. The maximum Gasteiger partial charge on any atom is 0.340 e. The number of anilines is 1. The second-order valence-electron chi connectivity index (χ2n) is 3.31. The fraction of sp³-hybridized carbons (Fsp3) is 0.300. The third kappa shape index (κ3) is 2.65. The van der Waals surface area contributed by atoms with Crippen LogP contribution in [0.5, 0.6) is 0 Å². The van der Waals surface area contributed by atoms with Crippen molar-refractivity contribution in [1.29, 1.82) is 0 Å². The second-order valence-corrected chi connectivity index (χ2v) is 3.31. The van der Waals surface area contributed by atoms with Crippen LogP contribution >= 0.6 is 0 Å². The Morgan fingerprint density at radius 3 is 2.40 bits per heavy atom. The van der Waals surface area contributed by atoms with Gasteiger partial charge in [-0.2, -0.15) is 0 Å². The monoisotopic (exact) mass is 215 g/mol. The molecule has 0 saturated carbocycles. The normalized spacial score (nSPS) is 10.5. The lowest BCUT2D eigenvalue weighted by Gasteiger charge is -2.09. The highest BCUT2D eigenvalue weighted by Gasteiger charge is 2.16. The summed E-state index contributed by atoms with van der Waals surface area (Å²) < 4.78 is 30.3. The third-order valence-corrected chi connectivity index (χ3v) is 1.66. The molecule has 0 aliphatic rings. The van der Waals surface area contributed by atoms with E-state index < -0.39 is 17.6 Å². The molecule has 0 heterocycles. The maximum atomic E-state index is 12.8. The first-order valence-electron chi connectivity index (χ1n) is 4.37. The zero-order valence-electron chi connectivity index (χ0n) is 8.38. The predicted molar refractivity (Wildman–Crippen MR) is 51.3 cm³/mol. The Labute approximate surface area is 85.8 Å². The average Bonchev–Trinajstić information content (AvgIpc) is 2.09. The highest BCUT2D eigenvalue weighted by atomic mass is 19.2. The Morgan fingerprint density at radius 2 is 1.87 bits per heavy atom. The lowest BCUT2D eigenvalue weighted by atomic mass is 10.1. The molecule has 0 fully saturated rings. The predicted octanol–water partition coefficient (Wildman–Crippen LogP) is 2.11. The lowest BCUT2D eigenvalue weighted by Crippen LogP contribution is -2.14. The van der Waals surface area contributed by atoms with Crippen LogP contribution in [0.1, 0.15) is 24.2 Å². The van der Waals surface area contributed by atoms with E-state index in [0.717, 1.165) is 12.1 Å². The fourth-order valence-electron chi connectivity index (χ4n) is 1.02. The Hall–Kier alpha value is -1.65. The third-order valence-electron chi connectivity index (χ3n) is 1.66. The fourth-order valence-corrected chi connectivity index (χ4v) is 1.02. The molecule has 0 amide bonds. The van der Waals surface area contributed by atoms with Crippen molar-refractivity contribution in [2.75, 3.05) is 5.73 Å². The molecule has 0 atom stereocenters. The van der Waals surface area contributed by atoms with Crippen LogP contribution in [0.25, 0.3) is 0 Å². The Kier molecular flexibility index (Phi) is 3.24. The topological polar surface area (TPSA) is 52.3 Å². The van der Waals surface area contributed by atoms with Crippen LogP contribution in [0.2, 0.25) is 0 Å². The average molecular weight is 215 g/mol. The molecule has 15 heavy (non-hydrogen) atoms. The van der Waals surface area contributed by atoms with Crippen molar-refractivity contribution in [3.63, 3.8) is 0 Å². The van der Waals surface area contributed by atoms with E-state index >= 15 is 0 Å². The number of carbonyl (C=O) groups excluding carboxylic acids is 1. The first kappa shape index (κ1) is 11.4. The number of nitrogens with two attached hydrogens (primary N) is 1. The van der Waals surface area contributed by atoms with Crippen molar-refractivity contribution in [2.24, 2.45) is 0 Å². The first-order chi connectivity index (χ1) is 6.91. The summed E-state index contributed by atoms with van der Waals surface area (Å²) in [5, 5.41) is 0. The van der Waals surface area contributed by atoms with Crippen molar-refractivity contribution in [1.82, 2.24) is 0 Å². The number of carbonyl (C=O) groups is 1. The summed E-state index contributed by atoms with van der Waals surface area (Å²) in [6.07, 6.45) is -0.343. The van der Waals surface area contributed by atoms with Gasteiger partial charge in [0, 0.05) is 11.8 Å². The summed E-state index contributed by atoms with van der Waals surface area (Å²) in [6.45, 7) is 3.29. The summed E-state index contributed by atoms with van der Waals surface area (Å²) in [5.74, 6) is -2.98. The van der Waals surface area contributed by atoms with E-state index in [1.807, 2.05) is 0 Å². The Morgan fingerprint density at radius 1 is 1.33 bits per heavy atom. The second kappa shape index (κ2) is 4.25. The van der Waals surface area contributed by atoms with Crippen LogP contribution in [0.4, 0.5) is 14.5 Å². The summed E-state index contributed by atoms with van der Waals surface area (Å²) >= 11 is 0. The maximum absolute atomic E-state index is 12.8. The van der Waals surface area contributed by atoms with Crippen LogP contribution in [-0.4, -0.2) is 12.1 Å². The SMILES string of the molecule is CC(C)OC(=O)c1cc(F)c(F)cc1N. The van der Waals surface area contributed by atoms with E-state index in [2.05, 4.69) is 0 Å². The highest BCUT2D eigenvalue weighted by Crippen LogP contribution is 2.18. The molecule has 3 nitrogen and oxygen atoms in total. The molecule has 0 saturated heterocycles. The van der Waals surface area contributed by atoms with Crippen LogP contribution in [0.3, 0.4) is 0 Å². The van der Waals surface area contributed by atoms with Gasteiger partial charge in [0.05, 0.1) is 11.7 Å². The van der Waals surface area contributed by atoms with Crippen LogP contribution in [0, 0.1) is 11.6 Å². The summed E-state index contributed by atoms with van der Waals surface area (Å²) in [5.41, 5.74) is 5.06. The van der Waals surface area contributed by atoms with E-state index in [1.165, 1.54) is 0 Å². The molecule has 0 radical (unpaired) electrons. The van der Waals surface area contributed by atoms with Gasteiger partial charge in [-0.1, -0.05) is 0 Å². The molecule has 0 spiro atoms. The molecule has 1 aromatic carbocycles. The molecule has 5 heteroatoms. The number of hydrogen-bond acceptors (Lipinski definition) is 3. The molecule has 1 rings (SSSR count). The quantitative estimate of drug-likeness (QED) is 0.607. The molecule has 0 bridgehead atoms. The largest absolute Gasteiger partial charge is 0.459 e. The number of halogens is 2. The minimum Gasteiger partial charge on any atom is -0.459 e. The van der Waals surface area contributed by atoms with Gasteiger partial charge in [-0.3, -0.25) is 0 Å². The lowest BCUT2D eigenvalue weighted by molar-refractivity contribution is 0.0378. The minimum absolute atomic E-state index is 0.139. The molecule has 1 aromatic rings. The van der Waals surface area contributed by atoms with Crippen molar-refractivity contribution < 1.29 is 18.3 Å². The van der Waals surface area contributed by atoms with E-state index in [0.29, 0.717) is 0 Å². The van der Waals surface area contributed by atoms with Gasteiger partial charge < -0.3 is 10.5 Å². The van der Waals surface area contributed by atoms with Crippen molar-refractivity contribution >= 4 is 11.7 Å². The van der Waals surface area contributed by atoms with Gasteiger partial charge in [0.15, 0.2) is 11.6 Å². The number of benzene rings is 1. The van der Waals surface area contributed by atoms with E-state index in [1.54, 1.807) is 13.8 Å². The van der Waals surface area contributed by atoms with Gasteiger partial charge in [-0.15, -0.1) is 0 Å². The Bertz CT molecular complexity index is 391. The van der Waals surface area contributed by atoms with E-state index in [9.17, 15) is 13.6 Å². The molecule has 0 aliphatic carbocycles. The zero-order valence-corrected chi connectivity index (χ0v) is 8.38. The number of ether oxygens (including phenoxy) is 1. The van der Waals surface area contributed by atoms with Crippen LogP contribution in [-0.2, 0) is 4.74 Å². The highest BCUT2D eigenvalue weighted by molar-refractivity contribution is 5.95. The summed E-state index contributed by atoms with van der Waals surface area (Å²) in [6, 6.07) is 1.49. The standard InChI is InChI=1S/C10H11F2NO2/c1-5(2)15-10(14)6-3-7(11)8(12)4-9(6)13/h3-5H,13H2,1-2H3. The first-order valence-corrected chi connectivity index (χ1v) is 4.37. The van der Waals surface area contributed by atoms with Gasteiger partial charge in [-0.05, 0) is 19.9 Å². The Balaban J connectivity index is 3.04. The summed E-state index contributed by atoms with van der Waals surface area (Å²) in [7, 11) is 0. The molecule has 0 aromatic heterocycles. The van der Waals surface area contributed by atoms with Gasteiger partial charge in [-0.25, -0.2) is 13.6 Å². The van der Waals surface area contributed by atoms with Crippen molar-refractivity contribution in [3.8, 4) is 0 Å². The van der Waals surface area contributed by atoms with E-state index in [-0.39, 0.29) is 17.4 Å². The summed E-state index contributed by atoms with van der Waals surface area (Å²) in [4.78, 5) is 11.3. The number of nitrogen functional groups attached to an aromatic ring is 1. The van der Waals surface area contributed by atoms with Gasteiger partial charge in [0.1, 0.15) is 0 Å². The van der Waals surface area contributed by atoms with Crippen molar-refractivity contribution in [2.45, 2.75) is 20.0 Å². The molecular weight excluding hydrogens is 204 g/mol. The smallest absolute Gasteiger partial charge is 0.340 e. The molecule has 0 aliphatic heterocycles. The zero-order chi connectivity index (χ0) is 11.6. The molecule has 82 valence electrons. The van der Waals surface area contributed by atoms with Crippen molar-refractivity contribution in [3.05, 3.63) is 29.3 Å². The van der Waals surface area contributed by atoms with E-state index in [4.69, 9.17) is 10.5 Å². The number of rotatable bonds is 2. The van der Waals surface area contributed by atoms with Gasteiger partial charge >= 0.3 is 5.97 Å². The van der Waals surface area contributed by atoms with Gasteiger partial charge in [0.2, 0.25) is 0 Å². The molecule has 0 unspecified atom stereocenters. The van der Waals surface area contributed by atoms with Crippen LogP contribution < -0.4 is 5.73 Å². The molecular formula is C10H11F2NO2.